The molecule has 0 aliphatic heterocycles. The van der Waals surface area contributed by atoms with E-state index in [0.717, 1.165) is 4.47 Å². The average Bonchev–Trinajstić information content (AvgIpc) is 2.37. The Kier molecular flexibility index (Phi) is 4.37. The van der Waals surface area contributed by atoms with E-state index in [1.807, 2.05) is 0 Å². The van der Waals surface area contributed by atoms with E-state index in [9.17, 15) is 8.78 Å². The number of methoxy groups -OCH3 is 1. The molecule has 5 heteroatoms. The Morgan fingerprint density at radius 2 is 1.84 bits per heavy atom. The van der Waals surface area contributed by atoms with E-state index in [4.69, 9.17) is 4.74 Å². The highest BCUT2D eigenvalue weighted by atomic mass is 79.9. The second-order valence-corrected chi connectivity index (χ2v) is 4.85. The highest BCUT2D eigenvalue weighted by Gasteiger charge is 2.08. The van der Waals surface area contributed by atoms with Gasteiger partial charge in [-0.25, -0.2) is 8.78 Å². The fraction of sp³-hybridized carbons (Fsp3) is 0.143. The summed E-state index contributed by atoms with van der Waals surface area (Å²) in [6, 6.07) is 9.18. The first-order chi connectivity index (χ1) is 9.10. The number of hydrogen-bond acceptors (Lipinski definition) is 2. The predicted octanol–water partition coefficient (Wildman–Crippen LogP) is 4.35. The number of nitrogens with one attached hydrogen (secondary N) is 1. The molecule has 0 atom stereocenters. The largest absolute Gasteiger partial charge is 0.497 e. The van der Waals surface area contributed by atoms with Crippen molar-refractivity contribution in [3.05, 3.63) is 58.1 Å². The number of halogens is 3. The van der Waals surface area contributed by atoms with Crippen LogP contribution < -0.4 is 10.1 Å². The molecule has 0 saturated heterocycles. The van der Waals surface area contributed by atoms with Gasteiger partial charge in [-0.2, -0.15) is 0 Å². The Morgan fingerprint density at radius 3 is 2.47 bits per heavy atom. The molecule has 0 radical (unpaired) electrons. The van der Waals surface area contributed by atoms with Gasteiger partial charge in [-0.15, -0.1) is 0 Å². The SMILES string of the molecule is COc1cc(Br)cc(NCc2c(F)cccc2F)c1. The Morgan fingerprint density at radius 1 is 1.16 bits per heavy atom. The molecule has 0 aromatic heterocycles. The van der Waals surface area contributed by atoms with Crippen molar-refractivity contribution in [1.82, 2.24) is 0 Å². The number of anilines is 1. The smallest absolute Gasteiger partial charge is 0.131 e. The number of hydrogen-bond donors (Lipinski definition) is 1. The van der Waals surface area contributed by atoms with Gasteiger partial charge in [0.2, 0.25) is 0 Å². The van der Waals surface area contributed by atoms with Crippen LogP contribution in [0.2, 0.25) is 0 Å². The standard InChI is InChI=1S/C14H12BrF2NO/c1-19-11-6-9(15)5-10(7-11)18-8-12-13(16)3-2-4-14(12)17/h2-7,18H,8H2,1H3. The molecular weight excluding hydrogens is 316 g/mol. The summed E-state index contributed by atoms with van der Waals surface area (Å²) in [6.07, 6.45) is 0. The normalized spacial score (nSPS) is 10.3. The summed E-state index contributed by atoms with van der Waals surface area (Å²) in [5.74, 6) is -0.463. The van der Waals surface area contributed by atoms with Crippen molar-refractivity contribution in [2.24, 2.45) is 0 Å². The van der Waals surface area contributed by atoms with E-state index in [2.05, 4.69) is 21.2 Å². The van der Waals surface area contributed by atoms with Gasteiger partial charge in [0, 0.05) is 28.3 Å². The highest BCUT2D eigenvalue weighted by Crippen LogP contribution is 2.25. The van der Waals surface area contributed by atoms with Gasteiger partial charge in [-0.05, 0) is 24.3 Å². The summed E-state index contributed by atoms with van der Waals surface area (Å²) in [7, 11) is 1.56. The molecule has 1 N–H and O–H groups in total. The van der Waals surface area contributed by atoms with E-state index in [-0.39, 0.29) is 12.1 Å². The predicted molar refractivity (Wildman–Crippen MR) is 74.4 cm³/mol. The lowest BCUT2D eigenvalue weighted by atomic mass is 10.2. The van der Waals surface area contributed by atoms with Crippen LogP contribution in [0.4, 0.5) is 14.5 Å². The fourth-order valence-electron chi connectivity index (χ4n) is 1.67. The molecule has 0 spiro atoms. The summed E-state index contributed by atoms with van der Waals surface area (Å²) in [6.45, 7) is 0.0676. The Labute approximate surface area is 118 Å². The lowest BCUT2D eigenvalue weighted by molar-refractivity contribution is 0.414. The Balaban J connectivity index is 2.16. The average molecular weight is 328 g/mol. The molecule has 0 heterocycles. The van der Waals surface area contributed by atoms with Gasteiger partial charge in [0.25, 0.3) is 0 Å². The molecule has 100 valence electrons. The minimum Gasteiger partial charge on any atom is -0.497 e. The first kappa shape index (κ1) is 13.8. The third kappa shape index (κ3) is 3.44. The zero-order valence-corrected chi connectivity index (χ0v) is 11.8. The van der Waals surface area contributed by atoms with Gasteiger partial charge in [-0.1, -0.05) is 22.0 Å². The maximum Gasteiger partial charge on any atom is 0.131 e. The minimum atomic E-state index is -0.561. The number of ether oxygens (including phenoxy) is 1. The van der Waals surface area contributed by atoms with Gasteiger partial charge in [0.15, 0.2) is 0 Å². The van der Waals surface area contributed by atoms with E-state index in [1.165, 1.54) is 18.2 Å². The van der Waals surface area contributed by atoms with Crippen molar-refractivity contribution in [2.75, 3.05) is 12.4 Å². The summed E-state index contributed by atoms with van der Waals surface area (Å²) in [5.41, 5.74) is 0.732. The zero-order valence-electron chi connectivity index (χ0n) is 10.2. The van der Waals surface area contributed by atoms with Gasteiger partial charge in [0.05, 0.1) is 7.11 Å². The van der Waals surface area contributed by atoms with Crippen molar-refractivity contribution in [1.29, 1.82) is 0 Å². The quantitative estimate of drug-likeness (QED) is 0.901. The fourth-order valence-corrected chi connectivity index (χ4v) is 2.15. The van der Waals surface area contributed by atoms with Gasteiger partial charge >= 0.3 is 0 Å². The summed E-state index contributed by atoms with van der Waals surface area (Å²) in [4.78, 5) is 0. The van der Waals surface area contributed by atoms with Crippen molar-refractivity contribution in [3.8, 4) is 5.75 Å². The van der Waals surface area contributed by atoms with E-state index in [1.54, 1.807) is 25.3 Å². The maximum absolute atomic E-state index is 13.5. The Hall–Kier alpha value is -1.62. The number of benzene rings is 2. The molecule has 0 unspecified atom stereocenters. The lowest BCUT2D eigenvalue weighted by Crippen LogP contribution is -2.04. The first-order valence-electron chi connectivity index (χ1n) is 5.61. The van der Waals surface area contributed by atoms with Crippen LogP contribution in [0.25, 0.3) is 0 Å². The molecule has 0 bridgehead atoms. The van der Waals surface area contributed by atoms with Crippen molar-refractivity contribution in [3.63, 3.8) is 0 Å². The molecule has 2 aromatic carbocycles. The van der Waals surface area contributed by atoms with E-state index >= 15 is 0 Å². The van der Waals surface area contributed by atoms with E-state index < -0.39 is 11.6 Å². The van der Waals surface area contributed by atoms with Crippen LogP contribution in [0.3, 0.4) is 0 Å². The molecule has 0 amide bonds. The summed E-state index contributed by atoms with van der Waals surface area (Å²) < 4.78 is 32.9. The van der Waals surface area contributed by atoms with Crippen LogP contribution in [-0.4, -0.2) is 7.11 Å². The molecule has 2 rings (SSSR count). The molecular formula is C14H12BrF2NO. The second kappa shape index (κ2) is 6.02. The van der Waals surface area contributed by atoms with Crippen molar-refractivity contribution < 1.29 is 13.5 Å². The third-order valence-corrected chi connectivity index (χ3v) is 3.10. The van der Waals surface area contributed by atoms with Crippen LogP contribution in [0.15, 0.2) is 40.9 Å². The van der Waals surface area contributed by atoms with Crippen LogP contribution in [-0.2, 0) is 6.54 Å². The third-order valence-electron chi connectivity index (χ3n) is 2.64. The topological polar surface area (TPSA) is 21.3 Å². The highest BCUT2D eigenvalue weighted by molar-refractivity contribution is 9.10. The Bertz CT molecular complexity index is 569. The van der Waals surface area contributed by atoms with Crippen molar-refractivity contribution in [2.45, 2.75) is 6.54 Å². The van der Waals surface area contributed by atoms with Crippen LogP contribution in [0.5, 0.6) is 5.75 Å². The molecule has 0 aliphatic carbocycles. The molecule has 0 aliphatic rings. The summed E-state index contributed by atoms with van der Waals surface area (Å²) >= 11 is 3.34. The molecule has 2 nitrogen and oxygen atoms in total. The van der Waals surface area contributed by atoms with Gasteiger partial charge < -0.3 is 10.1 Å². The van der Waals surface area contributed by atoms with E-state index in [0.29, 0.717) is 11.4 Å². The first-order valence-corrected chi connectivity index (χ1v) is 6.41. The van der Waals surface area contributed by atoms with Crippen LogP contribution in [0.1, 0.15) is 5.56 Å². The summed E-state index contributed by atoms with van der Waals surface area (Å²) in [5, 5.41) is 2.97. The molecule has 19 heavy (non-hydrogen) atoms. The molecule has 2 aromatic rings. The van der Waals surface area contributed by atoms with Crippen LogP contribution >= 0.6 is 15.9 Å². The maximum atomic E-state index is 13.5. The molecule has 0 fully saturated rings. The minimum absolute atomic E-state index is 0.0152. The number of rotatable bonds is 4. The van der Waals surface area contributed by atoms with Gasteiger partial charge in [0.1, 0.15) is 17.4 Å². The monoisotopic (exact) mass is 327 g/mol. The van der Waals surface area contributed by atoms with Crippen LogP contribution in [0, 0.1) is 11.6 Å². The molecule has 0 saturated carbocycles. The zero-order chi connectivity index (χ0) is 13.8. The second-order valence-electron chi connectivity index (χ2n) is 3.93. The lowest BCUT2D eigenvalue weighted by Gasteiger charge is -2.10. The van der Waals surface area contributed by atoms with Crippen molar-refractivity contribution >= 4 is 21.6 Å². The van der Waals surface area contributed by atoms with Gasteiger partial charge in [-0.3, -0.25) is 0 Å².